The highest BCUT2D eigenvalue weighted by atomic mass is 32.2. The Morgan fingerprint density at radius 1 is 1.12 bits per heavy atom. The maximum atomic E-state index is 11.0. The van der Waals surface area contributed by atoms with Gasteiger partial charge in [0.25, 0.3) is 10.1 Å². The van der Waals surface area contributed by atoms with Crippen LogP contribution < -0.4 is 5.73 Å². The highest BCUT2D eigenvalue weighted by Gasteiger charge is 2.13. The second-order valence-corrected chi connectivity index (χ2v) is 4.53. The fraction of sp³-hybridized carbons (Fsp3) is 0.0909. The molecule has 0 heterocycles. The number of fused-ring (bicyclic) bond motifs is 1. The lowest BCUT2D eigenvalue weighted by Crippen LogP contribution is -1.98. The van der Waals surface area contributed by atoms with Gasteiger partial charge in [0.1, 0.15) is 10.6 Å². The first-order valence-electron chi connectivity index (χ1n) is 4.75. The van der Waals surface area contributed by atoms with E-state index in [1.54, 1.807) is 6.07 Å². The van der Waals surface area contributed by atoms with E-state index in [-0.39, 0.29) is 10.6 Å². The maximum Gasteiger partial charge on any atom is 0.295 e. The molecule has 0 atom stereocenters. The molecule has 0 radical (unpaired) electrons. The fourth-order valence-electron chi connectivity index (χ4n) is 1.47. The van der Waals surface area contributed by atoms with Crippen LogP contribution >= 0.6 is 0 Å². The summed E-state index contributed by atoms with van der Waals surface area (Å²) in [6.45, 7) is 0. The third-order valence-electron chi connectivity index (χ3n) is 2.10. The molecule has 0 aliphatic heterocycles. The van der Waals surface area contributed by atoms with Crippen LogP contribution in [-0.2, 0) is 10.1 Å². The normalized spacial score (nSPS) is 10.8. The van der Waals surface area contributed by atoms with Crippen molar-refractivity contribution in [3.05, 3.63) is 36.4 Å². The van der Waals surface area contributed by atoms with Crippen LogP contribution in [0.3, 0.4) is 0 Å². The number of benzene rings is 2. The van der Waals surface area contributed by atoms with Crippen LogP contribution in [0.4, 0.5) is 0 Å². The van der Waals surface area contributed by atoms with Crippen molar-refractivity contribution >= 4 is 20.9 Å². The van der Waals surface area contributed by atoms with E-state index in [1.807, 2.05) is 0 Å². The highest BCUT2D eigenvalue weighted by Crippen LogP contribution is 2.25. The molecular formula is C11H13NO4S. The molecule has 92 valence electrons. The lowest BCUT2D eigenvalue weighted by atomic mass is 10.1. The largest absolute Gasteiger partial charge is 0.508 e. The summed E-state index contributed by atoms with van der Waals surface area (Å²) in [5.74, 6) is 0.0509. The Hall–Kier alpha value is -1.63. The van der Waals surface area contributed by atoms with Crippen molar-refractivity contribution in [2.24, 2.45) is 5.73 Å². The Morgan fingerprint density at radius 3 is 2.35 bits per heavy atom. The smallest absolute Gasteiger partial charge is 0.295 e. The summed E-state index contributed by atoms with van der Waals surface area (Å²) in [6, 6.07) is 8.73. The molecule has 2 aromatic rings. The summed E-state index contributed by atoms with van der Waals surface area (Å²) in [4.78, 5) is -0.153. The van der Waals surface area contributed by atoms with E-state index in [0.29, 0.717) is 10.8 Å². The summed E-state index contributed by atoms with van der Waals surface area (Å²) in [5, 5.41) is 10.2. The molecule has 2 aromatic carbocycles. The summed E-state index contributed by atoms with van der Waals surface area (Å²) in [5.41, 5.74) is 4.50. The number of phenols is 1. The molecule has 17 heavy (non-hydrogen) atoms. The standard InChI is InChI=1S/C10H8O4S.CH5N/c11-8-4-5-9-7(6-8)2-1-3-10(9)15(12,13)14;1-2/h1-6,11H,(H,12,13,14);2H2,1H3. The van der Waals surface area contributed by atoms with Gasteiger partial charge in [-0.25, -0.2) is 0 Å². The average molecular weight is 255 g/mol. The van der Waals surface area contributed by atoms with Gasteiger partial charge in [-0.15, -0.1) is 0 Å². The van der Waals surface area contributed by atoms with E-state index in [4.69, 9.17) is 4.55 Å². The van der Waals surface area contributed by atoms with E-state index >= 15 is 0 Å². The fourth-order valence-corrected chi connectivity index (χ4v) is 2.18. The number of rotatable bonds is 1. The molecule has 0 saturated carbocycles. The van der Waals surface area contributed by atoms with Crippen molar-refractivity contribution < 1.29 is 18.1 Å². The number of hydrogen-bond acceptors (Lipinski definition) is 4. The van der Waals surface area contributed by atoms with Gasteiger partial charge >= 0.3 is 0 Å². The van der Waals surface area contributed by atoms with Crippen molar-refractivity contribution in [1.82, 2.24) is 0 Å². The predicted octanol–water partition coefficient (Wildman–Crippen LogP) is 1.37. The van der Waals surface area contributed by atoms with Gasteiger partial charge in [0.15, 0.2) is 0 Å². The molecule has 0 bridgehead atoms. The SMILES string of the molecule is CN.O=S(=O)(O)c1cccc2cc(O)ccc12. The van der Waals surface area contributed by atoms with E-state index in [0.717, 1.165) is 0 Å². The molecule has 0 aliphatic carbocycles. The van der Waals surface area contributed by atoms with Crippen molar-refractivity contribution in [3.63, 3.8) is 0 Å². The molecule has 0 spiro atoms. The minimum absolute atomic E-state index is 0.0509. The first-order valence-corrected chi connectivity index (χ1v) is 6.19. The van der Waals surface area contributed by atoms with Gasteiger partial charge in [0.2, 0.25) is 0 Å². The summed E-state index contributed by atoms with van der Waals surface area (Å²) >= 11 is 0. The van der Waals surface area contributed by atoms with Crippen molar-refractivity contribution in [1.29, 1.82) is 0 Å². The number of aromatic hydroxyl groups is 1. The Kier molecular flexibility index (Phi) is 4.06. The number of nitrogens with two attached hydrogens (primary N) is 1. The first kappa shape index (κ1) is 13.4. The highest BCUT2D eigenvalue weighted by molar-refractivity contribution is 7.86. The van der Waals surface area contributed by atoms with Gasteiger partial charge < -0.3 is 10.8 Å². The van der Waals surface area contributed by atoms with Gasteiger partial charge in [0.05, 0.1) is 0 Å². The Labute approximate surface area is 99.2 Å². The summed E-state index contributed by atoms with van der Waals surface area (Å²) in [7, 11) is -2.72. The Bertz CT molecular complexity index is 622. The van der Waals surface area contributed by atoms with Crippen LogP contribution in [0.5, 0.6) is 5.75 Å². The summed E-state index contributed by atoms with van der Waals surface area (Å²) in [6.07, 6.45) is 0. The van der Waals surface area contributed by atoms with Gasteiger partial charge in [0, 0.05) is 5.39 Å². The van der Waals surface area contributed by atoms with Gasteiger partial charge in [-0.2, -0.15) is 8.42 Å². The molecule has 6 heteroatoms. The molecule has 5 nitrogen and oxygen atoms in total. The van der Waals surface area contributed by atoms with Gasteiger partial charge in [-0.05, 0) is 36.7 Å². The lowest BCUT2D eigenvalue weighted by Gasteiger charge is -2.03. The monoisotopic (exact) mass is 255 g/mol. The lowest BCUT2D eigenvalue weighted by molar-refractivity contribution is 0.475. The molecule has 0 aromatic heterocycles. The zero-order chi connectivity index (χ0) is 13.1. The Morgan fingerprint density at radius 2 is 1.76 bits per heavy atom. The van der Waals surface area contributed by atoms with Crippen LogP contribution in [0.15, 0.2) is 41.3 Å². The third kappa shape index (κ3) is 2.94. The predicted molar refractivity (Wildman–Crippen MR) is 65.5 cm³/mol. The molecule has 2 rings (SSSR count). The third-order valence-corrected chi connectivity index (χ3v) is 3.01. The zero-order valence-electron chi connectivity index (χ0n) is 9.16. The summed E-state index contributed by atoms with van der Waals surface area (Å²) < 4.78 is 31.0. The quantitative estimate of drug-likeness (QED) is 0.668. The average Bonchev–Trinajstić information content (AvgIpc) is 2.29. The van der Waals surface area contributed by atoms with Gasteiger partial charge in [-0.1, -0.05) is 12.1 Å². The Balaban J connectivity index is 0.000000686. The number of phenolic OH excluding ortho intramolecular Hbond substituents is 1. The van der Waals surface area contributed by atoms with Crippen LogP contribution in [0.1, 0.15) is 0 Å². The maximum absolute atomic E-state index is 11.0. The van der Waals surface area contributed by atoms with Crippen LogP contribution in [0, 0.1) is 0 Å². The molecular weight excluding hydrogens is 242 g/mol. The van der Waals surface area contributed by atoms with Crippen molar-refractivity contribution in [2.45, 2.75) is 4.90 Å². The van der Waals surface area contributed by atoms with Gasteiger partial charge in [-0.3, -0.25) is 4.55 Å². The first-order chi connectivity index (χ1) is 7.98. The van der Waals surface area contributed by atoms with Crippen molar-refractivity contribution in [3.8, 4) is 5.75 Å². The van der Waals surface area contributed by atoms with E-state index < -0.39 is 10.1 Å². The van der Waals surface area contributed by atoms with Crippen LogP contribution in [0.2, 0.25) is 0 Å². The minimum Gasteiger partial charge on any atom is -0.508 e. The van der Waals surface area contributed by atoms with E-state index in [1.165, 1.54) is 37.4 Å². The van der Waals surface area contributed by atoms with Crippen LogP contribution in [-0.4, -0.2) is 25.1 Å². The van der Waals surface area contributed by atoms with Crippen LogP contribution in [0.25, 0.3) is 10.8 Å². The molecule has 0 aliphatic rings. The zero-order valence-corrected chi connectivity index (χ0v) is 9.98. The molecule has 4 N–H and O–H groups in total. The minimum atomic E-state index is -4.22. The molecule has 0 amide bonds. The molecule has 0 saturated heterocycles. The molecule has 0 unspecified atom stereocenters. The van der Waals surface area contributed by atoms with E-state index in [9.17, 15) is 13.5 Å². The van der Waals surface area contributed by atoms with E-state index in [2.05, 4.69) is 5.73 Å². The second-order valence-electron chi connectivity index (χ2n) is 3.14. The number of hydrogen-bond donors (Lipinski definition) is 3. The second kappa shape index (κ2) is 5.13. The van der Waals surface area contributed by atoms with Crippen molar-refractivity contribution in [2.75, 3.05) is 7.05 Å². The molecule has 0 fully saturated rings. The topological polar surface area (TPSA) is 101 Å².